The van der Waals surface area contributed by atoms with Crippen LogP contribution >= 0.6 is 27.7 Å². The number of ether oxygens (including phenoxy) is 1. The molecule has 0 spiro atoms. The van der Waals surface area contributed by atoms with Crippen molar-refractivity contribution in [2.45, 2.75) is 4.90 Å². The minimum absolute atomic E-state index is 0.667. The summed E-state index contributed by atoms with van der Waals surface area (Å²) in [5, 5.41) is 0. The Morgan fingerprint density at radius 3 is 2.50 bits per heavy atom. The zero-order chi connectivity index (χ0) is 12.8. The second kappa shape index (κ2) is 6.71. The third kappa shape index (κ3) is 3.96. The number of anilines is 1. The Kier molecular flexibility index (Phi) is 4.96. The van der Waals surface area contributed by atoms with E-state index in [4.69, 9.17) is 10.5 Å². The topological polar surface area (TPSA) is 35.2 Å². The number of halogens is 1. The SMILES string of the molecule is Nc1ccccc1SCCOc1ccc(Br)cc1. The molecule has 0 radical (unpaired) electrons. The summed E-state index contributed by atoms with van der Waals surface area (Å²) in [5.74, 6) is 1.77. The predicted molar refractivity (Wildman–Crippen MR) is 81.2 cm³/mol. The average Bonchev–Trinajstić information content (AvgIpc) is 2.39. The largest absolute Gasteiger partial charge is 0.493 e. The van der Waals surface area contributed by atoms with Crippen LogP contribution in [0.15, 0.2) is 57.9 Å². The highest BCUT2D eigenvalue weighted by molar-refractivity contribution is 9.10. The first kappa shape index (κ1) is 13.3. The van der Waals surface area contributed by atoms with Crippen molar-refractivity contribution in [2.75, 3.05) is 18.1 Å². The van der Waals surface area contributed by atoms with Crippen LogP contribution in [0.2, 0.25) is 0 Å². The van der Waals surface area contributed by atoms with Gasteiger partial charge in [-0.05, 0) is 36.4 Å². The Hall–Kier alpha value is -1.13. The molecule has 0 unspecified atom stereocenters. The van der Waals surface area contributed by atoms with Crippen LogP contribution < -0.4 is 10.5 Å². The smallest absolute Gasteiger partial charge is 0.119 e. The molecule has 0 fully saturated rings. The monoisotopic (exact) mass is 323 g/mol. The van der Waals surface area contributed by atoms with E-state index in [0.717, 1.165) is 26.6 Å². The van der Waals surface area contributed by atoms with Crippen LogP contribution in [0.25, 0.3) is 0 Å². The molecule has 18 heavy (non-hydrogen) atoms. The Morgan fingerprint density at radius 2 is 1.78 bits per heavy atom. The molecule has 2 aromatic rings. The normalized spacial score (nSPS) is 10.3. The number of para-hydroxylation sites is 1. The summed E-state index contributed by atoms with van der Waals surface area (Å²) in [6.07, 6.45) is 0. The van der Waals surface area contributed by atoms with Crippen LogP contribution in [0.3, 0.4) is 0 Å². The number of rotatable bonds is 5. The van der Waals surface area contributed by atoms with Gasteiger partial charge in [-0.2, -0.15) is 0 Å². The third-order valence-electron chi connectivity index (χ3n) is 2.34. The zero-order valence-electron chi connectivity index (χ0n) is 9.80. The molecule has 0 bridgehead atoms. The summed E-state index contributed by atoms with van der Waals surface area (Å²) in [6.45, 7) is 0.667. The Labute approximate surface area is 120 Å². The van der Waals surface area contributed by atoms with E-state index < -0.39 is 0 Å². The average molecular weight is 324 g/mol. The number of nitrogens with two attached hydrogens (primary N) is 1. The van der Waals surface area contributed by atoms with E-state index in [9.17, 15) is 0 Å². The van der Waals surface area contributed by atoms with E-state index in [0.29, 0.717) is 6.61 Å². The Balaban J connectivity index is 1.76. The molecule has 0 heterocycles. The molecular formula is C14H14BrNOS. The molecule has 2 nitrogen and oxygen atoms in total. The molecule has 94 valence electrons. The van der Waals surface area contributed by atoms with Gasteiger partial charge in [0.2, 0.25) is 0 Å². The van der Waals surface area contributed by atoms with Gasteiger partial charge in [-0.25, -0.2) is 0 Å². The van der Waals surface area contributed by atoms with Gasteiger partial charge in [0.15, 0.2) is 0 Å². The lowest BCUT2D eigenvalue weighted by molar-refractivity contribution is 0.344. The number of benzene rings is 2. The highest BCUT2D eigenvalue weighted by Crippen LogP contribution is 2.24. The van der Waals surface area contributed by atoms with Crippen LogP contribution in [-0.2, 0) is 0 Å². The van der Waals surface area contributed by atoms with Crippen molar-refractivity contribution < 1.29 is 4.74 Å². The van der Waals surface area contributed by atoms with Gasteiger partial charge in [-0.15, -0.1) is 11.8 Å². The lowest BCUT2D eigenvalue weighted by Crippen LogP contribution is -2.00. The fraction of sp³-hybridized carbons (Fsp3) is 0.143. The molecule has 0 aromatic heterocycles. The molecule has 4 heteroatoms. The highest BCUT2D eigenvalue weighted by atomic mass is 79.9. The molecule has 0 aliphatic carbocycles. The molecular weight excluding hydrogens is 310 g/mol. The van der Waals surface area contributed by atoms with Crippen molar-refractivity contribution in [1.82, 2.24) is 0 Å². The highest BCUT2D eigenvalue weighted by Gasteiger charge is 1.99. The fourth-order valence-electron chi connectivity index (χ4n) is 1.45. The summed E-state index contributed by atoms with van der Waals surface area (Å²) in [4.78, 5) is 1.11. The van der Waals surface area contributed by atoms with Gasteiger partial charge in [0.05, 0.1) is 6.61 Å². The van der Waals surface area contributed by atoms with E-state index in [1.54, 1.807) is 11.8 Å². The first-order chi connectivity index (χ1) is 8.75. The van der Waals surface area contributed by atoms with Gasteiger partial charge in [0.1, 0.15) is 5.75 Å². The van der Waals surface area contributed by atoms with Crippen LogP contribution in [-0.4, -0.2) is 12.4 Å². The van der Waals surface area contributed by atoms with Crippen LogP contribution in [0.4, 0.5) is 5.69 Å². The van der Waals surface area contributed by atoms with Crippen molar-refractivity contribution in [3.8, 4) is 5.75 Å². The first-order valence-corrected chi connectivity index (χ1v) is 7.39. The van der Waals surface area contributed by atoms with Gasteiger partial charge < -0.3 is 10.5 Å². The van der Waals surface area contributed by atoms with Gasteiger partial charge >= 0.3 is 0 Å². The molecule has 2 rings (SSSR count). The summed E-state index contributed by atoms with van der Waals surface area (Å²) in [5.41, 5.74) is 6.69. The van der Waals surface area contributed by atoms with Crippen molar-refractivity contribution in [2.24, 2.45) is 0 Å². The summed E-state index contributed by atoms with van der Waals surface area (Å²) >= 11 is 5.10. The second-order valence-electron chi connectivity index (χ2n) is 3.69. The zero-order valence-corrected chi connectivity index (χ0v) is 12.2. The van der Waals surface area contributed by atoms with Crippen molar-refractivity contribution in [3.05, 3.63) is 53.0 Å². The van der Waals surface area contributed by atoms with Crippen LogP contribution in [0.5, 0.6) is 5.75 Å². The van der Waals surface area contributed by atoms with Crippen molar-refractivity contribution in [3.63, 3.8) is 0 Å². The molecule has 2 N–H and O–H groups in total. The van der Waals surface area contributed by atoms with Crippen molar-refractivity contribution >= 4 is 33.4 Å². The summed E-state index contributed by atoms with van der Waals surface area (Å²) < 4.78 is 6.70. The van der Waals surface area contributed by atoms with E-state index in [1.165, 1.54) is 0 Å². The second-order valence-corrected chi connectivity index (χ2v) is 5.74. The Bertz CT molecular complexity index is 501. The van der Waals surface area contributed by atoms with Crippen molar-refractivity contribution in [1.29, 1.82) is 0 Å². The fourth-order valence-corrected chi connectivity index (χ4v) is 2.51. The minimum Gasteiger partial charge on any atom is -0.493 e. The lowest BCUT2D eigenvalue weighted by atomic mass is 10.3. The molecule has 0 aliphatic heterocycles. The Morgan fingerprint density at radius 1 is 1.06 bits per heavy atom. The molecule has 0 saturated carbocycles. The molecule has 0 atom stereocenters. The third-order valence-corrected chi connectivity index (χ3v) is 3.92. The number of hydrogen-bond donors (Lipinski definition) is 1. The maximum absolute atomic E-state index is 5.86. The van der Waals surface area contributed by atoms with E-state index >= 15 is 0 Å². The molecule has 0 saturated heterocycles. The number of thioether (sulfide) groups is 1. The van der Waals surface area contributed by atoms with Gasteiger partial charge in [-0.3, -0.25) is 0 Å². The first-order valence-electron chi connectivity index (χ1n) is 5.61. The summed E-state index contributed by atoms with van der Waals surface area (Å²) in [7, 11) is 0. The van der Waals surface area contributed by atoms with Crippen LogP contribution in [0.1, 0.15) is 0 Å². The lowest BCUT2D eigenvalue weighted by Gasteiger charge is -2.07. The quantitative estimate of drug-likeness (QED) is 0.508. The molecule has 2 aromatic carbocycles. The van der Waals surface area contributed by atoms with E-state index in [1.807, 2.05) is 48.5 Å². The predicted octanol–water partition coefficient (Wildman–Crippen LogP) is 4.20. The van der Waals surface area contributed by atoms with Gasteiger partial charge in [0, 0.05) is 20.8 Å². The minimum atomic E-state index is 0.667. The maximum Gasteiger partial charge on any atom is 0.119 e. The number of nitrogen functional groups attached to an aromatic ring is 1. The molecule has 0 amide bonds. The standard InChI is InChI=1S/C14H14BrNOS/c15-11-5-7-12(8-6-11)17-9-10-18-14-4-2-1-3-13(14)16/h1-8H,9-10,16H2. The van der Waals surface area contributed by atoms with Gasteiger partial charge in [0.25, 0.3) is 0 Å². The van der Waals surface area contributed by atoms with E-state index in [2.05, 4.69) is 15.9 Å². The maximum atomic E-state index is 5.86. The summed E-state index contributed by atoms with van der Waals surface area (Å²) in [6, 6.07) is 15.7. The van der Waals surface area contributed by atoms with E-state index in [-0.39, 0.29) is 0 Å². The van der Waals surface area contributed by atoms with Crippen LogP contribution in [0, 0.1) is 0 Å². The molecule has 0 aliphatic rings. The number of hydrogen-bond acceptors (Lipinski definition) is 3. The van der Waals surface area contributed by atoms with Gasteiger partial charge in [-0.1, -0.05) is 28.1 Å².